The van der Waals surface area contributed by atoms with Crippen LogP contribution in [0, 0.1) is 5.92 Å². The summed E-state index contributed by atoms with van der Waals surface area (Å²) < 4.78 is 5.31. The molecule has 0 unspecified atom stereocenters. The molecule has 0 aromatic rings. The number of aliphatic hydroxyl groups excluding tert-OH is 1. The Kier molecular flexibility index (Phi) is 4.40. The van der Waals surface area contributed by atoms with Gasteiger partial charge in [-0.25, -0.2) is 4.79 Å². The molecule has 1 aliphatic heterocycles. The highest BCUT2D eigenvalue weighted by atomic mass is 16.6. The minimum absolute atomic E-state index is 0.0381. The molecule has 1 amide bonds. The maximum Gasteiger partial charge on any atom is 0.410 e. The molecule has 1 aliphatic rings. The summed E-state index contributed by atoms with van der Waals surface area (Å²) in [6.45, 7) is 9.92. The highest BCUT2D eigenvalue weighted by Crippen LogP contribution is 2.29. The van der Waals surface area contributed by atoms with Crippen molar-refractivity contribution in [2.24, 2.45) is 11.7 Å². The fraction of sp³-hybridized carbons (Fsp3) is 0.769. The highest BCUT2D eigenvalue weighted by molar-refractivity contribution is 5.69. The summed E-state index contributed by atoms with van der Waals surface area (Å²) in [5, 5.41) is 9.37. The van der Waals surface area contributed by atoms with Crippen LogP contribution < -0.4 is 5.73 Å². The second-order valence-electron chi connectivity index (χ2n) is 5.97. The van der Waals surface area contributed by atoms with E-state index in [1.54, 1.807) is 11.0 Å². The van der Waals surface area contributed by atoms with Gasteiger partial charge in [0.05, 0.1) is 0 Å². The number of hydrogen-bond acceptors (Lipinski definition) is 4. The Morgan fingerprint density at radius 1 is 1.67 bits per heavy atom. The van der Waals surface area contributed by atoms with E-state index in [4.69, 9.17) is 10.5 Å². The molecule has 0 radical (unpaired) electrons. The van der Waals surface area contributed by atoms with Gasteiger partial charge in [0.1, 0.15) is 5.60 Å². The number of nitrogens with two attached hydrogens (primary N) is 1. The van der Waals surface area contributed by atoms with Crippen molar-refractivity contribution in [1.82, 2.24) is 4.90 Å². The molecule has 18 heavy (non-hydrogen) atoms. The zero-order valence-corrected chi connectivity index (χ0v) is 11.5. The first-order chi connectivity index (χ1) is 8.22. The quantitative estimate of drug-likeness (QED) is 0.742. The smallest absolute Gasteiger partial charge is 0.410 e. The van der Waals surface area contributed by atoms with Gasteiger partial charge in [-0.05, 0) is 27.2 Å². The summed E-state index contributed by atoms with van der Waals surface area (Å²) >= 11 is 0. The number of carbonyl (C=O) groups excluding carboxylic acids is 1. The van der Waals surface area contributed by atoms with E-state index in [2.05, 4.69) is 6.58 Å². The van der Waals surface area contributed by atoms with Crippen LogP contribution in [-0.2, 0) is 4.74 Å². The Bertz CT molecular complexity index is 325. The summed E-state index contributed by atoms with van der Waals surface area (Å²) in [4.78, 5) is 13.5. The first-order valence-corrected chi connectivity index (χ1v) is 6.20. The lowest BCUT2D eigenvalue weighted by atomic mass is 9.86. The fourth-order valence-electron chi connectivity index (χ4n) is 2.20. The standard InChI is InChI=1S/C13H24N2O3/c1-5-6-13(14)9-15(7-10(13)8-16)11(17)18-12(2,3)4/h5,10,16H,1,6-9,14H2,2-4H3/t10-,13-/m1/s1. The topological polar surface area (TPSA) is 75.8 Å². The van der Waals surface area contributed by atoms with Gasteiger partial charge >= 0.3 is 6.09 Å². The molecule has 0 aromatic heterocycles. The van der Waals surface area contributed by atoms with Crippen LogP contribution >= 0.6 is 0 Å². The molecular weight excluding hydrogens is 232 g/mol. The van der Waals surface area contributed by atoms with Crippen LogP contribution in [0.5, 0.6) is 0 Å². The minimum Gasteiger partial charge on any atom is -0.444 e. The van der Waals surface area contributed by atoms with Crippen LogP contribution in [-0.4, -0.2) is 46.9 Å². The molecule has 0 spiro atoms. The van der Waals surface area contributed by atoms with E-state index in [1.807, 2.05) is 20.8 Å². The second-order valence-corrected chi connectivity index (χ2v) is 5.97. The van der Waals surface area contributed by atoms with Gasteiger partial charge in [-0.1, -0.05) is 6.08 Å². The third-order valence-electron chi connectivity index (χ3n) is 3.14. The lowest BCUT2D eigenvalue weighted by Gasteiger charge is -2.28. The van der Waals surface area contributed by atoms with Crippen LogP contribution in [0.25, 0.3) is 0 Å². The number of amides is 1. The summed E-state index contributed by atoms with van der Waals surface area (Å²) in [7, 11) is 0. The number of aliphatic hydroxyl groups is 1. The molecule has 1 fully saturated rings. The lowest BCUT2D eigenvalue weighted by Crippen LogP contribution is -2.49. The summed E-state index contributed by atoms with van der Waals surface area (Å²) in [6.07, 6.45) is 1.91. The van der Waals surface area contributed by atoms with Gasteiger partial charge in [-0.2, -0.15) is 0 Å². The third kappa shape index (κ3) is 3.46. The van der Waals surface area contributed by atoms with Crippen molar-refractivity contribution >= 4 is 6.09 Å². The minimum atomic E-state index is -0.604. The number of nitrogens with zero attached hydrogens (tertiary/aromatic N) is 1. The van der Waals surface area contributed by atoms with E-state index in [0.717, 1.165) is 0 Å². The molecule has 0 saturated carbocycles. The van der Waals surface area contributed by atoms with Gasteiger partial charge in [-0.3, -0.25) is 0 Å². The van der Waals surface area contributed by atoms with Crippen molar-refractivity contribution in [2.75, 3.05) is 19.7 Å². The normalized spacial score (nSPS) is 28.3. The van der Waals surface area contributed by atoms with E-state index in [9.17, 15) is 9.90 Å². The number of likely N-dealkylation sites (tertiary alicyclic amines) is 1. The average Bonchev–Trinajstić information content (AvgIpc) is 2.53. The first-order valence-electron chi connectivity index (χ1n) is 6.20. The fourth-order valence-corrected chi connectivity index (χ4v) is 2.20. The van der Waals surface area contributed by atoms with Crippen molar-refractivity contribution in [2.45, 2.75) is 38.3 Å². The zero-order chi connectivity index (χ0) is 14.0. The van der Waals surface area contributed by atoms with Crippen LogP contribution in [0.4, 0.5) is 4.79 Å². The summed E-state index contributed by atoms with van der Waals surface area (Å²) in [6, 6.07) is 0. The predicted octanol–water partition coefficient (Wildman–Crippen LogP) is 1.12. The Hall–Kier alpha value is -1.07. The molecule has 0 aliphatic carbocycles. The average molecular weight is 256 g/mol. The Labute approximate surface area is 109 Å². The number of ether oxygens (including phenoxy) is 1. The first kappa shape index (κ1) is 15.0. The molecule has 0 bridgehead atoms. The number of rotatable bonds is 3. The molecule has 0 aromatic carbocycles. The van der Waals surface area contributed by atoms with Gasteiger partial charge in [0, 0.05) is 31.2 Å². The van der Waals surface area contributed by atoms with E-state index < -0.39 is 11.1 Å². The molecule has 1 saturated heterocycles. The van der Waals surface area contributed by atoms with Crippen LogP contribution in [0.15, 0.2) is 12.7 Å². The molecular formula is C13H24N2O3. The second kappa shape index (κ2) is 5.28. The van der Waals surface area contributed by atoms with Gasteiger partial charge in [0.2, 0.25) is 0 Å². The Balaban J connectivity index is 2.72. The molecule has 104 valence electrons. The molecule has 2 atom stereocenters. The van der Waals surface area contributed by atoms with Crippen molar-refractivity contribution in [3.63, 3.8) is 0 Å². The van der Waals surface area contributed by atoms with Gasteiger partial charge < -0.3 is 20.5 Å². The van der Waals surface area contributed by atoms with Crippen LogP contribution in [0.3, 0.4) is 0 Å². The van der Waals surface area contributed by atoms with Crippen molar-refractivity contribution < 1.29 is 14.6 Å². The van der Waals surface area contributed by atoms with Crippen molar-refractivity contribution in [3.8, 4) is 0 Å². The maximum absolute atomic E-state index is 12.0. The van der Waals surface area contributed by atoms with E-state index in [0.29, 0.717) is 19.5 Å². The molecule has 1 rings (SSSR count). The Morgan fingerprint density at radius 3 is 2.72 bits per heavy atom. The van der Waals surface area contributed by atoms with E-state index in [-0.39, 0.29) is 18.6 Å². The molecule has 5 nitrogen and oxygen atoms in total. The van der Waals surface area contributed by atoms with Crippen molar-refractivity contribution in [3.05, 3.63) is 12.7 Å². The Morgan fingerprint density at radius 2 is 2.28 bits per heavy atom. The molecule has 3 N–H and O–H groups in total. The molecule has 5 heteroatoms. The summed E-state index contributed by atoms with van der Waals surface area (Å²) in [5.74, 6) is -0.136. The van der Waals surface area contributed by atoms with E-state index >= 15 is 0 Å². The van der Waals surface area contributed by atoms with Gasteiger partial charge in [0.15, 0.2) is 0 Å². The van der Waals surface area contributed by atoms with E-state index in [1.165, 1.54) is 0 Å². The largest absolute Gasteiger partial charge is 0.444 e. The van der Waals surface area contributed by atoms with Crippen LogP contribution in [0.1, 0.15) is 27.2 Å². The monoisotopic (exact) mass is 256 g/mol. The highest BCUT2D eigenvalue weighted by Gasteiger charge is 2.45. The number of hydrogen-bond donors (Lipinski definition) is 2. The lowest BCUT2D eigenvalue weighted by molar-refractivity contribution is 0.0279. The summed E-state index contributed by atoms with van der Waals surface area (Å²) in [5.41, 5.74) is 5.11. The third-order valence-corrected chi connectivity index (χ3v) is 3.14. The zero-order valence-electron chi connectivity index (χ0n) is 11.5. The number of carbonyl (C=O) groups is 1. The maximum atomic E-state index is 12.0. The predicted molar refractivity (Wildman–Crippen MR) is 70.1 cm³/mol. The van der Waals surface area contributed by atoms with Gasteiger partial charge in [-0.15, -0.1) is 6.58 Å². The SMILES string of the molecule is C=CC[C@@]1(N)CN(C(=O)OC(C)(C)C)C[C@@H]1CO. The molecule has 1 heterocycles. The van der Waals surface area contributed by atoms with Crippen LogP contribution in [0.2, 0.25) is 0 Å². The van der Waals surface area contributed by atoms with Gasteiger partial charge in [0.25, 0.3) is 0 Å². The van der Waals surface area contributed by atoms with Crippen molar-refractivity contribution in [1.29, 1.82) is 0 Å².